The van der Waals surface area contributed by atoms with Crippen LogP contribution >= 0.6 is 11.6 Å². The minimum atomic E-state index is -0.160. The standard InChI is InChI=1S/C30H28ClN3O2/c1-34(2)18-19-9-12-23(13-10-19)32-29(35)22-7-3-6-21(15-22)25-17-27(25)30(36)33-24-14-11-20-5-4-8-28(31)26(20)16-24/h3-16,25,27H,17-18H2,1-2H3,(H,32,35)(H,33,36)/t25-,27+/m0/s1. The van der Waals surface area contributed by atoms with Crippen molar-refractivity contribution in [3.63, 3.8) is 0 Å². The SMILES string of the molecule is CN(C)Cc1ccc(NC(=O)c2cccc([C@@H]3C[C@H]3C(=O)Nc3ccc4cccc(Cl)c4c3)c2)cc1. The number of rotatable bonds is 7. The quantitative estimate of drug-likeness (QED) is 0.304. The van der Waals surface area contributed by atoms with E-state index in [1.165, 1.54) is 5.56 Å². The molecule has 5 nitrogen and oxygen atoms in total. The monoisotopic (exact) mass is 497 g/mol. The van der Waals surface area contributed by atoms with Gasteiger partial charge < -0.3 is 15.5 Å². The van der Waals surface area contributed by atoms with E-state index < -0.39 is 0 Å². The fourth-order valence-corrected chi connectivity index (χ4v) is 4.81. The molecule has 1 aliphatic carbocycles. The number of nitrogens with one attached hydrogen (secondary N) is 2. The predicted molar refractivity (Wildman–Crippen MR) is 147 cm³/mol. The van der Waals surface area contributed by atoms with E-state index >= 15 is 0 Å². The summed E-state index contributed by atoms with van der Waals surface area (Å²) in [5.74, 6) is -0.187. The number of hydrogen-bond donors (Lipinski definition) is 2. The molecule has 1 aliphatic rings. The molecule has 0 aliphatic heterocycles. The molecule has 0 heterocycles. The van der Waals surface area contributed by atoms with E-state index in [0.29, 0.717) is 10.6 Å². The van der Waals surface area contributed by atoms with Gasteiger partial charge in [0, 0.05) is 39.8 Å². The topological polar surface area (TPSA) is 61.4 Å². The Labute approximate surface area is 216 Å². The van der Waals surface area contributed by atoms with Gasteiger partial charge in [-0.2, -0.15) is 0 Å². The van der Waals surface area contributed by atoms with Crippen LogP contribution in [0.5, 0.6) is 0 Å². The first-order valence-corrected chi connectivity index (χ1v) is 12.4. The minimum Gasteiger partial charge on any atom is -0.326 e. The zero-order chi connectivity index (χ0) is 25.2. The Morgan fingerprint density at radius 2 is 1.64 bits per heavy atom. The van der Waals surface area contributed by atoms with E-state index in [1.807, 2.05) is 93.0 Å². The molecule has 4 aromatic rings. The van der Waals surface area contributed by atoms with Crippen molar-refractivity contribution in [1.29, 1.82) is 0 Å². The minimum absolute atomic E-state index is 0.0147. The van der Waals surface area contributed by atoms with Crippen molar-refractivity contribution in [3.8, 4) is 0 Å². The molecule has 0 aromatic heterocycles. The largest absolute Gasteiger partial charge is 0.326 e. The summed E-state index contributed by atoms with van der Waals surface area (Å²) in [5, 5.41) is 8.60. The molecule has 5 rings (SSSR count). The van der Waals surface area contributed by atoms with Crippen molar-refractivity contribution in [2.45, 2.75) is 18.9 Å². The van der Waals surface area contributed by atoms with E-state index in [2.05, 4.69) is 15.5 Å². The van der Waals surface area contributed by atoms with Crippen LogP contribution in [0.2, 0.25) is 5.02 Å². The number of anilines is 2. The Morgan fingerprint density at radius 3 is 2.42 bits per heavy atom. The van der Waals surface area contributed by atoms with Gasteiger partial charge in [0.05, 0.1) is 0 Å². The maximum atomic E-state index is 12.9. The van der Waals surface area contributed by atoms with Crippen LogP contribution in [0.15, 0.2) is 84.9 Å². The van der Waals surface area contributed by atoms with Gasteiger partial charge in [0.15, 0.2) is 0 Å². The highest BCUT2D eigenvalue weighted by atomic mass is 35.5. The summed E-state index contributed by atoms with van der Waals surface area (Å²) in [7, 11) is 4.05. The molecular formula is C30H28ClN3O2. The van der Waals surface area contributed by atoms with Crippen molar-refractivity contribution in [2.75, 3.05) is 24.7 Å². The van der Waals surface area contributed by atoms with Gasteiger partial charge in [-0.3, -0.25) is 9.59 Å². The van der Waals surface area contributed by atoms with Gasteiger partial charge in [0.1, 0.15) is 0 Å². The van der Waals surface area contributed by atoms with Crippen LogP contribution in [-0.2, 0) is 11.3 Å². The van der Waals surface area contributed by atoms with E-state index in [-0.39, 0.29) is 23.7 Å². The third-order valence-corrected chi connectivity index (χ3v) is 6.84. The highest BCUT2D eigenvalue weighted by molar-refractivity contribution is 6.35. The average Bonchev–Trinajstić information content (AvgIpc) is 3.67. The first-order chi connectivity index (χ1) is 17.4. The lowest BCUT2D eigenvalue weighted by atomic mass is 10.0. The maximum absolute atomic E-state index is 12.9. The lowest BCUT2D eigenvalue weighted by Crippen LogP contribution is -2.15. The fourth-order valence-electron chi connectivity index (χ4n) is 4.57. The summed E-state index contributed by atoms with van der Waals surface area (Å²) in [6, 6.07) is 26.9. The number of carbonyl (C=O) groups excluding carboxylic acids is 2. The van der Waals surface area contributed by atoms with Crippen LogP contribution in [-0.4, -0.2) is 30.8 Å². The van der Waals surface area contributed by atoms with Gasteiger partial charge in [-0.25, -0.2) is 0 Å². The molecule has 0 saturated heterocycles. The zero-order valence-corrected chi connectivity index (χ0v) is 21.0. The van der Waals surface area contributed by atoms with Gasteiger partial charge in [0.25, 0.3) is 5.91 Å². The van der Waals surface area contributed by atoms with Crippen molar-refractivity contribution in [3.05, 3.63) is 107 Å². The number of fused-ring (bicyclic) bond motifs is 1. The van der Waals surface area contributed by atoms with E-state index in [4.69, 9.17) is 11.6 Å². The molecule has 4 aromatic carbocycles. The molecule has 0 unspecified atom stereocenters. The molecule has 182 valence electrons. The third kappa shape index (κ3) is 5.43. The molecule has 1 saturated carbocycles. The van der Waals surface area contributed by atoms with Crippen LogP contribution in [0.1, 0.15) is 33.8 Å². The third-order valence-electron chi connectivity index (χ3n) is 6.51. The van der Waals surface area contributed by atoms with Crippen LogP contribution in [0.25, 0.3) is 10.8 Å². The van der Waals surface area contributed by atoms with E-state index in [0.717, 1.165) is 40.7 Å². The molecule has 2 amide bonds. The number of halogens is 1. The highest BCUT2D eigenvalue weighted by Crippen LogP contribution is 2.48. The van der Waals surface area contributed by atoms with E-state index in [1.54, 1.807) is 6.07 Å². The first-order valence-electron chi connectivity index (χ1n) is 12.0. The molecule has 0 radical (unpaired) electrons. The first kappa shape index (κ1) is 24.0. The summed E-state index contributed by atoms with van der Waals surface area (Å²) >= 11 is 6.31. The van der Waals surface area contributed by atoms with Crippen molar-refractivity contribution >= 4 is 45.6 Å². The fraction of sp³-hybridized carbons (Fsp3) is 0.200. The summed E-state index contributed by atoms with van der Waals surface area (Å²) in [5.41, 5.74) is 4.26. The van der Waals surface area contributed by atoms with Gasteiger partial charge in [0.2, 0.25) is 5.91 Å². The molecule has 2 atom stereocenters. The Bertz CT molecular complexity index is 1430. The van der Waals surface area contributed by atoms with Crippen molar-refractivity contribution in [1.82, 2.24) is 4.90 Å². The maximum Gasteiger partial charge on any atom is 0.255 e. The number of amides is 2. The Balaban J connectivity index is 1.22. The number of hydrogen-bond acceptors (Lipinski definition) is 3. The van der Waals surface area contributed by atoms with E-state index in [9.17, 15) is 9.59 Å². The Hall–Kier alpha value is -3.67. The van der Waals surface area contributed by atoms with Gasteiger partial charge >= 0.3 is 0 Å². The summed E-state index contributed by atoms with van der Waals surface area (Å²) in [6.07, 6.45) is 0.762. The number of nitrogens with zero attached hydrogens (tertiary/aromatic N) is 1. The molecule has 0 spiro atoms. The molecule has 36 heavy (non-hydrogen) atoms. The second-order valence-electron chi connectivity index (χ2n) is 9.63. The molecular weight excluding hydrogens is 470 g/mol. The second kappa shape index (κ2) is 10.1. The van der Waals surface area contributed by atoms with Crippen LogP contribution in [0.3, 0.4) is 0 Å². The average molecular weight is 498 g/mol. The molecule has 2 N–H and O–H groups in total. The van der Waals surface area contributed by atoms with Gasteiger partial charge in [-0.05, 0) is 85.4 Å². The predicted octanol–water partition coefficient (Wildman–Crippen LogP) is 6.55. The highest BCUT2D eigenvalue weighted by Gasteiger charge is 2.44. The van der Waals surface area contributed by atoms with Crippen LogP contribution in [0.4, 0.5) is 11.4 Å². The summed E-state index contributed by atoms with van der Waals surface area (Å²) < 4.78 is 0. The molecule has 1 fully saturated rings. The summed E-state index contributed by atoms with van der Waals surface area (Å²) in [6.45, 7) is 0.848. The Kier molecular flexibility index (Phi) is 6.77. The number of carbonyl (C=O) groups is 2. The van der Waals surface area contributed by atoms with Crippen molar-refractivity contribution < 1.29 is 9.59 Å². The van der Waals surface area contributed by atoms with Gasteiger partial charge in [-0.15, -0.1) is 0 Å². The molecule has 6 heteroatoms. The molecule has 0 bridgehead atoms. The van der Waals surface area contributed by atoms with Crippen LogP contribution < -0.4 is 10.6 Å². The van der Waals surface area contributed by atoms with Crippen LogP contribution in [0, 0.1) is 5.92 Å². The lowest BCUT2D eigenvalue weighted by molar-refractivity contribution is -0.117. The summed E-state index contributed by atoms with van der Waals surface area (Å²) in [4.78, 5) is 27.9. The Morgan fingerprint density at radius 1 is 0.889 bits per heavy atom. The van der Waals surface area contributed by atoms with Gasteiger partial charge in [-0.1, -0.05) is 54.1 Å². The lowest BCUT2D eigenvalue weighted by Gasteiger charge is -2.11. The zero-order valence-electron chi connectivity index (χ0n) is 20.3. The second-order valence-corrected chi connectivity index (χ2v) is 10.0. The normalized spacial score (nSPS) is 16.7. The smallest absolute Gasteiger partial charge is 0.255 e. The van der Waals surface area contributed by atoms with Crippen molar-refractivity contribution in [2.24, 2.45) is 5.92 Å². The number of benzene rings is 4.